The molecule has 1 aliphatic carbocycles. The van der Waals surface area contributed by atoms with Crippen molar-refractivity contribution < 1.29 is 14.6 Å². The molecule has 1 N–H and O–H groups in total. The zero-order chi connectivity index (χ0) is 10.8. The monoisotopic (exact) mass is 206 g/mol. The Morgan fingerprint density at radius 3 is 2.87 bits per heavy atom. The van der Waals surface area contributed by atoms with Gasteiger partial charge in [0.15, 0.2) is 0 Å². The van der Waals surface area contributed by atoms with E-state index in [2.05, 4.69) is 0 Å². The standard InChI is InChI=1S/C12H14O3/c1-8-3-2-4-10(11(8)12(13)14)15-7-9-5-6-9/h2-4,9H,5-7H2,1H3,(H,13,14). The first-order valence-electron chi connectivity index (χ1n) is 5.14. The molecule has 0 amide bonds. The summed E-state index contributed by atoms with van der Waals surface area (Å²) in [6, 6.07) is 5.33. The number of aryl methyl sites for hydroxylation is 1. The number of ether oxygens (including phenoxy) is 1. The summed E-state index contributed by atoms with van der Waals surface area (Å²) in [6.07, 6.45) is 2.41. The van der Waals surface area contributed by atoms with Crippen molar-refractivity contribution in [3.8, 4) is 5.75 Å². The third-order valence-electron chi connectivity index (χ3n) is 2.62. The number of rotatable bonds is 4. The minimum absolute atomic E-state index is 0.290. The highest BCUT2D eigenvalue weighted by atomic mass is 16.5. The number of carbonyl (C=O) groups is 1. The molecule has 0 aliphatic heterocycles. The average Bonchev–Trinajstić information content (AvgIpc) is 2.97. The van der Waals surface area contributed by atoms with Crippen molar-refractivity contribution >= 4 is 5.97 Å². The van der Waals surface area contributed by atoms with Gasteiger partial charge in [0.25, 0.3) is 0 Å². The van der Waals surface area contributed by atoms with Crippen molar-refractivity contribution in [1.82, 2.24) is 0 Å². The Balaban J connectivity index is 2.19. The van der Waals surface area contributed by atoms with Gasteiger partial charge in [-0.05, 0) is 37.3 Å². The molecule has 0 aromatic heterocycles. The molecule has 1 aromatic rings. The van der Waals surface area contributed by atoms with Crippen molar-refractivity contribution in [2.45, 2.75) is 19.8 Å². The predicted octanol–water partition coefficient (Wildman–Crippen LogP) is 2.48. The zero-order valence-corrected chi connectivity index (χ0v) is 8.69. The lowest BCUT2D eigenvalue weighted by Crippen LogP contribution is -2.07. The van der Waals surface area contributed by atoms with E-state index in [0.717, 1.165) is 5.56 Å². The van der Waals surface area contributed by atoms with E-state index in [1.165, 1.54) is 12.8 Å². The van der Waals surface area contributed by atoms with Crippen molar-refractivity contribution in [2.24, 2.45) is 5.92 Å². The molecule has 1 aromatic carbocycles. The maximum absolute atomic E-state index is 11.0. The van der Waals surface area contributed by atoms with Gasteiger partial charge in [-0.25, -0.2) is 4.79 Å². The van der Waals surface area contributed by atoms with E-state index < -0.39 is 5.97 Å². The lowest BCUT2D eigenvalue weighted by molar-refractivity contribution is 0.0691. The van der Waals surface area contributed by atoms with Gasteiger partial charge in [-0.15, -0.1) is 0 Å². The maximum Gasteiger partial charge on any atom is 0.339 e. The van der Waals surface area contributed by atoms with Gasteiger partial charge in [-0.2, -0.15) is 0 Å². The Hall–Kier alpha value is -1.51. The summed E-state index contributed by atoms with van der Waals surface area (Å²) >= 11 is 0. The summed E-state index contributed by atoms with van der Waals surface area (Å²) in [5, 5.41) is 9.05. The van der Waals surface area contributed by atoms with E-state index in [1.807, 2.05) is 6.07 Å². The predicted molar refractivity (Wildman–Crippen MR) is 56.4 cm³/mol. The van der Waals surface area contributed by atoms with Crippen LogP contribution in [0.3, 0.4) is 0 Å². The molecular weight excluding hydrogens is 192 g/mol. The molecule has 0 spiro atoms. The van der Waals surface area contributed by atoms with Crippen molar-refractivity contribution in [2.75, 3.05) is 6.61 Å². The molecule has 0 bridgehead atoms. The molecule has 3 nitrogen and oxygen atoms in total. The molecule has 0 heterocycles. The molecule has 15 heavy (non-hydrogen) atoms. The van der Waals surface area contributed by atoms with Crippen LogP contribution in [0.15, 0.2) is 18.2 Å². The van der Waals surface area contributed by atoms with Crippen LogP contribution < -0.4 is 4.74 Å². The Morgan fingerprint density at radius 1 is 1.53 bits per heavy atom. The highest BCUT2D eigenvalue weighted by molar-refractivity contribution is 5.92. The van der Waals surface area contributed by atoms with Gasteiger partial charge in [0.2, 0.25) is 0 Å². The normalized spacial score (nSPS) is 15.0. The van der Waals surface area contributed by atoms with Gasteiger partial charge in [0.1, 0.15) is 11.3 Å². The van der Waals surface area contributed by atoms with Crippen LogP contribution in [0.2, 0.25) is 0 Å². The van der Waals surface area contributed by atoms with Crippen molar-refractivity contribution in [3.05, 3.63) is 29.3 Å². The van der Waals surface area contributed by atoms with E-state index in [4.69, 9.17) is 9.84 Å². The fraction of sp³-hybridized carbons (Fsp3) is 0.417. The highest BCUT2D eigenvalue weighted by Gasteiger charge is 2.23. The van der Waals surface area contributed by atoms with Crippen LogP contribution in [0.4, 0.5) is 0 Å². The molecule has 1 saturated carbocycles. The van der Waals surface area contributed by atoms with Gasteiger partial charge in [-0.1, -0.05) is 12.1 Å². The van der Waals surface area contributed by atoms with Crippen molar-refractivity contribution in [1.29, 1.82) is 0 Å². The van der Waals surface area contributed by atoms with E-state index in [-0.39, 0.29) is 5.56 Å². The summed E-state index contributed by atoms with van der Waals surface area (Å²) in [7, 11) is 0. The van der Waals surface area contributed by atoms with E-state index >= 15 is 0 Å². The summed E-state index contributed by atoms with van der Waals surface area (Å²) in [6.45, 7) is 2.43. The third-order valence-corrected chi connectivity index (χ3v) is 2.62. The molecule has 1 fully saturated rings. The number of hydrogen-bond acceptors (Lipinski definition) is 2. The molecule has 2 rings (SSSR count). The van der Waals surface area contributed by atoms with E-state index in [0.29, 0.717) is 18.3 Å². The van der Waals surface area contributed by atoms with Crippen LogP contribution in [0.5, 0.6) is 5.75 Å². The lowest BCUT2D eigenvalue weighted by Gasteiger charge is -2.10. The molecule has 0 atom stereocenters. The van der Waals surface area contributed by atoms with Gasteiger partial charge >= 0.3 is 5.97 Å². The minimum atomic E-state index is -0.918. The van der Waals surface area contributed by atoms with E-state index in [1.54, 1.807) is 19.1 Å². The first-order valence-corrected chi connectivity index (χ1v) is 5.14. The zero-order valence-electron chi connectivity index (χ0n) is 8.69. The van der Waals surface area contributed by atoms with E-state index in [9.17, 15) is 4.79 Å². The van der Waals surface area contributed by atoms with Crippen LogP contribution in [-0.2, 0) is 0 Å². The molecule has 0 unspecified atom stereocenters. The summed E-state index contributed by atoms with van der Waals surface area (Å²) in [4.78, 5) is 11.0. The van der Waals surface area contributed by atoms with Crippen LogP contribution in [0, 0.1) is 12.8 Å². The number of benzene rings is 1. The first kappa shape index (κ1) is 10.0. The van der Waals surface area contributed by atoms with Crippen LogP contribution in [-0.4, -0.2) is 17.7 Å². The second kappa shape index (κ2) is 3.93. The fourth-order valence-corrected chi connectivity index (χ4v) is 1.53. The number of aromatic carboxylic acids is 1. The van der Waals surface area contributed by atoms with Crippen LogP contribution in [0.25, 0.3) is 0 Å². The van der Waals surface area contributed by atoms with Gasteiger partial charge < -0.3 is 9.84 Å². The van der Waals surface area contributed by atoms with Crippen LogP contribution >= 0.6 is 0 Å². The maximum atomic E-state index is 11.0. The summed E-state index contributed by atoms with van der Waals surface area (Å²) < 4.78 is 5.52. The number of carboxylic acids is 1. The van der Waals surface area contributed by atoms with Gasteiger partial charge in [0, 0.05) is 0 Å². The minimum Gasteiger partial charge on any atom is -0.492 e. The topological polar surface area (TPSA) is 46.5 Å². The Kier molecular flexibility index (Phi) is 2.62. The Bertz CT molecular complexity index is 380. The number of carboxylic acid groups (broad SMARTS) is 1. The Labute approximate surface area is 88.7 Å². The number of hydrogen-bond donors (Lipinski definition) is 1. The second-order valence-electron chi connectivity index (χ2n) is 4.01. The Morgan fingerprint density at radius 2 is 2.27 bits per heavy atom. The molecule has 3 heteroatoms. The lowest BCUT2D eigenvalue weighted by atomic mass is 10.1. The molecule has 80 valence electrons. The summed E-state index contributed by atoms with van der Waals surface area (Å²) in [5.74, 6) is 0.209. The molecule has 1 aliphatic rings. The smallest absolute Gasteiger partial charge is 0.339 e. The van der Waals surface area contributed by atoms with Gasteiger partial charge in [0.05, 0.1) is 6.61 Å². The highest BCUT2D eigenvalue weighted by Crippen LogP contribution is 2.30. The SMILES string of the molecule is Cc1cccc(OCC2CC2)c1C(=O)O. The van der Waals surface area contributed by atoms with Crippen LogP contribution in [0.1, 0.15) is 28.8 Å². The fourth-order valence-electron chi connectivity index (χ4n) is 1.53. The second-order valence-corrected chi connectivity index (χ2v) is 4.01. The molecular formula is C12H14O3. The largest absolute Gasteiger partial charge is 0.492 e. The molecule has 0 radical (unpaired) electrons. The molecule has 0 saturated heterocycles. The summed E-state index contributed by atoms with van der Waals surface area (Å²) in [5.41, 5.74) is 1.04. The first-order chi connectivity index (χ1) is 7.18. The van der Waals surface area contributed by atoms with Gasteiger partial charge in [-0.3, -0.25) is 0 Å². The average molecular weight is 206 g/mol. The third kappa shape index (κ3) is 2.29. The van der Waals surface area contributed by atoms with Crippen molar-refractivity contribution in [3.63, 3.8) is 0 Å². The quantitative estimate of drug-likeness (QED) is 0.823.